The number of rotatable bonds is 4. The number of nitro groups is 1. The van der Waals surface area contributed by atoms with E-state index in [1.165, 1.54) is 10.9 Å². The van der Waals surface area contributed by atoms with E-state index in [9.17, 15) is 19.7 Å². The van der Waals surface area contributed by atoms with Crippen LogP contribution in [0.3, 0.4) is 0 Å². The first-order valence-corrected chi connectivity index (χ1v) is 6.70. The molecule has 0 aromatic carbocycles. The molecule has 1 fully saturated rings. The number of amides is 2. The SMILES string of the molecule is CC(C)(C)Cc1c([N+](=O)[O-])ncn1CN1C(=O)CCC1=O. The van der Waals surface area contributed by atoms with Gasteiger partial charge in [-0.25, -0.2) is 0 Å². The lowest BCUT2D eigenvalue weighted by molar-refractivity contribution is -0.390. The Bertz CT molecular complexity index is 584. The van der Waals surface area contributed by atoms with E-state index in [4.69, 9.17) is 0 Å². The second-order valence-corrected chi connectivity index (χ2v) is 6.34. The van der Waals surface area contributed by atoms with Crippen LogP contribution in [0.25, 0.3) is 0 Å². The van der Waals surface area contributed by atoms with E-state index in [1.54, 1.807) is 0 Å². The lowest BCUT2D eigenvalue weighted by Crippen LogP contribution is -2.32. The molecule has 0 N–H and O–H groups in total. The minimum Gasteiger partial charge on any atom is -0.358 e. The summed E-state index contributed by atoms with van der Waals surface area (Å²) in [5, 5.41) is 11.1. The van der Waals surface area contributed by atoms with Crippen LogP contribution in [-0.2, 0) is 22.7 Å². The number of hydrogen-bond donors (Lipinski definition) is 0. The monoisotopic (exact) mass is 294 g/mol. The van der Waals surface area contributed by atoms with Gasteiger partial charge in [-0.05, 0) is 15.3 Å². The molecule has 0 aliphatic carbocycles. The number of carbonyl (C=O) groups excluding carboxylic acids is 2. The van der Waals surface area contributed by atoms with Gasteiger partial charge in [0.2, 0.25) is 18.1 Å². The molecule has 0 unspecified atom stereocenters. The highest BCUT2D eigenvalue weighted by Gasteiger charge is 2.32. The first-order chi connectivity index (χ1) is 9.69. The average Bonchev–Trinajstić information content (AvgIpc) is 2.86. The molecule has 0 saturated carbocycles. The molecular weight excluding hydrogens is 276 g/mol. The summed E-state index contributed by atoms with van der Waals surface area (Å²) < 4.78 is 1.52. The van der Waals surface area contributed by atoms with Crippen molar-refractivity contribution < 1.29 is 14.5 Å². The lowest BCUT2D eigenvalue weighted by Gasteiger charge is -2.20. The Labute approximate surface area is 121 Å². The zero-order valence-corrected chi connectivity index (χ0v) is 12.3. The number of aromatic nitrogens is 2. The summed E-state index contributed by atoms with van der Waals surface area (Å²) in [7, 11) is 0. The Balaban J connectivity index is 2.33. The van der Waals surface area contributed by atoms with Crippen LogP contribution in [0.15, 0.2) is 6.33 Å². The van der Waals surface area contributed by atoms with E-state index in [0.717, 1.165) is 4.90 Å². The van der Waals surface area contributed by atoms with Crippen LogP contribution in [0, 0.1) is 15.5 Å². The topological polar surface area (TPSA) is 98.3 Å². The van der Waals surface area contributed by atoms with Gasteiger partial charge in [-0.1, -0.05) is 20.8 Å². The van der Waals surface area contributed by atoms with Gasteiger partial charge in [-0.3, -0.25) is 19.1 Å². The highest BCUT2D eigenvalue weighted by molar-refractivity contribution is 6.01. The number of nitrogens with zero attached hydrogens (tertiary/aromatic N) is 4. The van der Waals surface area contributed by atoms with Gasteiger partial charge in [0.15, 0.2) is 0 Å². The van der Waals surface area contributed by atoms with Gasteiger partial charge in [-0.2, -0.15) is 0 Å². The maximum atomic E-state index is 11.7. The van der Waals surface area contributed by atoms with Gasteiger partial charge >= 0.3 is 5.82 Å². The number of carbonyl (C=O) groups is 2. The molecule has 114 valence electrons. The first-order valence-electron chi connectivity index (χ1n) is 6.70. The molecule has 8 nitrogen and oxygen atoms in total. The molecule has 1 aromatic heterocycles. The number of hydrogen-bond acceptors (Lipinski definition) is 5. The summed E-state index contributed by atoms with van der Waals surface area (Å²) in [5.41, 5.74) is 0.252. The van der Waals surface area contributed by atoms with Crippen molar-refractivity contribution in [2.24, 2.45) is 5.41 Å². The summed E-state index contributed by atoms with van der Waals surface area (Å²) >= 11 is 0. The van der Waals surface area contributed by atoms with Crippen molar-refractivity contribution in [3.8, 4) is 0 Å². The summed E-state index contributed by atoms with van der Waals surface area (Å²) in [6.07, 6.45) is 2.14. The maximum absolute atomic E-state index is 11.7. The quantitative estimate of drug-likeness (QED) is 0.476. The average molecular weight is 294 g/mol. The highest BCUT2D eigenvalue weighted by Crippen LogP contribution is 2.27. The second-order valence-electron chi connectivity index (χ2n) is 6.34. The first kappa shape index (κ1) is 15.1. The zero-order valence-electron chi connectivity index (χ0n) is 12.3. The summed E-state index contributed by atoms with van der Waals surface area (Å²) in [6.45, 7) is 5.87. The molecule has 0 spiro atoms. The van der Waals surface area contributed by atoms with Crippen LogP contribution >= 0.6 is 0 Å². The number of imidazole rings is 1. The predicted molar refractivity (Wildman–Crippen MR) is 73.1 cm³/mol. The fourth-order valence-corrected chi connectivity index (χ4v) is 2.29. The summed E-state index contributed by atoms with van der Waals surface area (Å²) in [6, 6.07) is 0. The van der Waals surface area contributed by atoms with Crippen LogP contribution in [0.2, 0.25) is 0 Å². The van der Waals surface area contributed by atoms with Crippen molar-refractivity contribution in [3.05, 3.63) is 22.1 Å². The van der Waals surface area contributed by atoms with Gasteiger partial charge in [-0.15, -0.1) is 0 Å². The minimum atomic E-state index is -0.537. The molecule has 8 heteroatoms. The molecule has 2 rings (SSSR count). The Kier molecular flexibility index (Phi) is 3.80. The molecule has 1 aliphatic rings. The Morgan fingerprint density at radius 2 is 1.86 bits per heavy atom. The van der Waals surface area contributed by atoms with Crippen LogP contribution in [-0.4, -0.2) is 31.2 Å². The maximum Gasteiger partial charge on any atom is 0.384 e. The molecule has 0 radical (unpaired) electrons. The smallest absolute Gasteiger partial charge is 0.358 e. The van der Waals surface area contributed by atoms with Crippen molar-refractivity contribution >= 4 is 17.6 Å². The van der Waals surface area contributed by atoms with Crippen molar-refractivity contribution in [1.82, 2.24) is 14.5 Å². The van der Waals surface area contributed by atoms with Gasteiger partial charge in [0.05, 0.1) is 0 Å². The van der Waals surface area contributed by atoms with Crippen molar-refractivity contribution in [3.63, 3.8) is 0 Å². The van der Waals surface area contributed by atoms with E-state index in [2.05, 4.69) is 4.98 Å². The minimum absolute atomic E-state index is 0.0100. The van der Waals surface area contributed by atoms with Gasteiger partial charge in [0.25, 0.3) is 0 Å². The molecule has 0 bridgehead atoms. The third-order valence-corrected chi connectivity index (χ3v) is 3.24. The van der Waals surface area contributed by atoms with Gasteiger partial charge in [0.1, 0.15) is 12.4 Å². The van der Waals surface area contributed by atoms with Crippen LogP contribution in [0.5, 0.6) is 0 Å². The van der Waals surface area contributed by atoms with Gasteiger partial charge < -0.3 is 10.1 Å². The summed E-state index contributed by atoms with van der Waals surface area (Å²) in [5.74, 6) is -0.722. The molecule has 1 saturated heterocycles. The molecule has 1 aliphatic heterocycles. The highest BCUT2D eigenvalue weighted by atomic mass is 16.6. The third kappa shape index (κ3) is 3.26. The lowest BCUT2D eigenvalue weighted by atomic mass is 9.90. The van der Waals surface area contributed by atoms with E-state index in [-0.39, 0.29) is 42.6 Å². The zero-order chi connectivity index (χ0) is 15.8. The Morgan fingerprint density at radius 3 is 2.33 bits per heavy atom. The Hall–Kier alpha value is -2.25. The predicted octanol–water partition coefficient (Wildman–Crippen LogP) is 1.49. The fourth-order valence-electron chi connectivity index (χ4n) is 2.29. The van der Waals surface area contributed by atoms with Crippen molar-refractivity contribution in [1.29, 1.82) is 0 Å². The molecule has 1 aromatic rings. The standard InChI is InChI=1S/C13H18N4O4/c1-13(2,3)6-9-12(17(20)21)14-7-15(9)8-16-10(18)4-5-11(16)19/h7H,4-6,8H2,1-3H3. The molecule has 2 amide bonds. The molecule has 0 atom stereocenters. The molecular formula is C13H18N4O4. The molecule has 2 heterocycles. The van der Waals surface area contributed by atoms with Crippen LogP contribution in [0.1, 0.15) is 39.3 Å². The second kappa shape index (κ2) is 5.27. The van der Waals surface area contributed by atoms with Crippen LogP contribution < -0.4 is 0 Å². The van der Waals surface area contributed by atoms with Crippen LogP contribution in [0.4, 0.5) is 5.82 Å². The largest absolute Gasteiger partial charge is 0.384 e. The van der Waals surface area contributed by atoms with E-state index >= 15 is 0 Å². The van der Waals surface area contributed by atoms with E-state index in [1.807, 2.05) is 20.8 Å². The Morgan fingerprint density at radius 1 is 1.29 bits per heavy atom. The van der Waals surface area contributed by atoms with Crippen molar-refractivity contribution in [2.45, 2.75) is 46.7 Å². The van der Waals surface area contributed by atoms with E-state index < -0.39 is 4.92 Å². The molecule has 21 heavy (non-hydrogen) atoms. The summed E-state index contributed by atoms with van der Waals surface area (Å²) in [4.78, 5) is 38.8. The third-order valence-electron chi connectivity index (χ3n) is 3.24. The normalized spacial score (nSPS) is 15.9. The number of likely N-dealkylation sites (tertiary alicyclic amines) is 1. The fraction of sp³-hybridized carbons (Fsp3) is 0.615. The van der Waals surface area contributed by atoms with E-state index in [0.29, 0.717) is 12.1 Å². The number of imide groups is 1. The van der Waals surface area contributed by atoms with Gasteiger partial charge in [0, 0.05) is 19.3 Å². The van der Waals surface area contributed by atoms with Crippen molar-refractivity contribution in [2.75, 3.05) is 0 Å².